The van der Waals surface area contributed by atoms with Gasteiger partial charge in [-0.3, -0.25) is 0 Å². The molecule has 2 aromatic carbocycles. The van der Waals surface area contributed by atoms with Gasteiger partial charge in [0.2, 0.25) is 0 Å². The zero-order valence-corrected chi connectivity index (χ0v) is 12.5. The minimum Gasteiger partial charge on any atom is -0.387 e. The van der Waals surface area contributed by atoms with E-state index in [0.717, 1.165) is 5.56 Å². The van der Waals surface area contributed by atoms with Crippen molar-refractivity contribution in [2.75, 3.05) is 0 Å². The first-order chi connectivity index (χ1) is 10.1. The van der Waals surface area contributed by atoms with Crippen LogP contribution < -0.4 is 5.32 Å². The summed E-state index contributed by atoms with van der Waals surface area (Å²) in [5.41, 5.74) is 1.91. The summed E-state index contributed by atoms with van der Waals surface area (Å²) in [6, 6.07) is 16.0. The number of hydrogen-bond donors (Lipinski definition) is 2. The maximum Gasteiger partial charge on any atom is 0.123 e. The third-order valence-corrected chi connectivity index (χ3v) is 3.65. The molecule has 3 heteroatoms. The van der Waals surface area contributed by atoms with Crippen molar-refractivity contribution in [3.8, 4) is 0 Å². The highest BCUT2D eigenvalue weighted by atomic mass is 19.1. The van der Waals surface area contributed by atoms with Gasteiger partial charge in [-0.1, -0.05) is 56.3 Å². The Kier molecular flexibility index (Phi) is 5.48. The van der Waals surface area contributed by atoms with Crippen molar-refractivity contribution in [2.45, 2.75) is 32.5 Å². The topological polar surface area (TPSA) is 32.3 Å². The fourth-order valence-corrected chi connectivity index (χ4v) is 2.41. The fourth-order valence-electron chi connectivity index (χ4n) is 2.41. The molecule has 0 radical (unpaired) electrons. The van der Waals surface area contributed by atoms with Crippen LogP contribution in [0.1, 0.15) is 31.1 Å². The standard InChI is InChI=1S/C18H22FNO/c1-13(2)17(20-12-14-6-4-3-5-7-14)18(21)15-8-10-16(19)11-9-15/h3-11,13,17-18,20-21H,12H2,1-2H3. The SMILES string of the molecule is CC(C)C(NCc1ccccc1)C(O)c1ccc(F)cc1. The van der Waals surface area contributed by atoms with Crippen LogP contribution in [0.15, 0.2) is 54.6 Å². The van der Waals surface area contributed by atoms with Crippen molar-refractivity contribution in [1.29, 1.82) is 0 Å². The average Bonchev–Trinajstić information content (AvgIpc) is 2.48. The predicted octanol–water partition coefficient (Wildman–Crippen LogP) is 3.67. The molecule has 0 saturated heterocycles. The minimum atomic E-state index is -0.658. The lowest BCUT2D eigenvalue weighted by molar-refractivity contribution is 0.104. The zero-order chi connectivity index (χ0) is 15.2. The van der Waals surface area contributed by atoms with E-state index >= 15 is 0 Å². The van der Waals surface area contributed by atoms with Gasteiger partial charge in [-0.05, 0) is 29.2 Å². The molecule has 0 spiro atoms. The number of halogens is 1. The Labute approximate surface area is 125 Å². The summed E-state index contributed by atoms with van der Waals surface area (Å²) in [5.74, 6) is -0.0296. The summed E-state index contributed by atoms with van der Waals surface area (Å²) in [5, 5.41) is 13.9. The third kappa shape index (κ3) is 4.38. The molecule has 2 atom stereocenters. The first-order valence-electron chi connectivity index (χ1n) is 7.29. The molecule has 0 aliphatic heterocycles. The van der Waals surface area contributed by atoms with Crippen molar-refractivity contribution in [3.05, 3.63) is 71.5 Å². The van der Waals surface area contributed by atoms with Crippen LogP contribution in [0.3, 0.4) is 0 Å². The summed E-state index contributed by atoms with van der Waals surface area (Å²) >= 11 is 0. The monoisotopic (exact) mass is 287 g/mol. The van der Waals surface area contributed by atoms with Gasteiger partial charge in [0.25, 0.3) is 0 Å². The molecule has 2 unspecified atom stereocenters. The molecule has 2 aromatic rings. The van der Waals surface area contributed by atoms with E-state index in [1.165, 1.54) is 17.7 Å². The second-order valence-corrected chi connectivity index (χ2v) is 5.63. The van der Waals surface area contributed by atoms with Gasteiger partial charge in [0.15, 0.2) is 0 Å². The summed E-state index contributed by atoms with van der Waals surface area (Å²) in [6.45, 7) is 4.83. The molecule has 0 saturated carbocycles. The summed E-state index contributed by atoms with van der Waals surface area (Å²) < 4.78 is 13.0. The minimum absolute atomic E-state index is 0.0873. The Bertz CT molecular complexity index is 539. The van der Waals surface area contributed by atoms with Gasteiger partial charge in [0.05, 0.1) is 6.10 Å². The van der Waals surface area contributed by atoms with Gasteiger partial charge in [0, 0.05) is 12.6 Å². The van der Waals surface area contributed by atoms with Gasteiger partial charge in [-0.2, -0.15) is 0 Å². The number of nitrogens with one attached hydrogen (secondary N) is 1. The van der Waals surface area contributed by atoms with Crippen LogP contribution in [0.4, 0.5) is 4.39 Å². The van der Waals surface area contributed by atoms with Crippen LogP contribution in [0.2, 0.25) is 0 Å². The lowest BCUT2D eigenvalue weighted by atomic mass is 9.93. The number of hydrogen-bond acceptors (Lipinski definition) is 2. The van der Waals surface area contributed by atoms with Crippen LogP contribution in [0.5, 0.6) is 0 Å². The zero-order valence-electron chi connectivity index (χ0n) is 12.5. The van der Waals surface area contributed by atoms with E-state index in [-0.39, 0.29) is 17.8 Å². The van der Waals surface area contributed by atoms with E-state index in [2.05, 4.69) is 31.3 Å². The second-order valence-electron chi connectivity index (χ2n) is 5.63. The molecule has 2 N–H and O–H groups in total. The summed E-state index contributed by atoms with van der Waals surface area (Å²) in [4.78, 5) is 0. The highest BCUT2D eigenvalue weighted by Gasteiger charge is 2.23. The molecule has 0 fully saturated rings. The lowest BCUT2D eigenvalue weighted by Gasteiger charge is -2.28. The largest absolute Gasteiger partial charge is 0.387 e. The smallest absolute Gasteiger partial charge is 0.123 e. The van der Waals surface area contributed by atoms with Gasteiger partial charge in [-0.25, -0.2) is 4.39 Å². The van der Waals surface area contributed by atoms with Crippen LogP contribution in [-0.4, -0.2) is 11.1 Å². The molecule has 0 aromatic heterocycles. The number of benzene rings is 2. The van der Waals surface area contributed by atoms with Crippen molar-refractivity contribution in [1.82, 2.24) is 5.32 Å². The normalized spacial score (nSPS) is 14.1. The van der Waals surface area contributed by atoms with Gasteiger partial charge in [-0.15, -0.1) is 0 Å². The van der Waals surface area contributed by atoms with Crippen LogP contribution >= 0.6 is 0 Å². The van der Waals surface area contributed by atoms with Crippen molar-refractivity contribution < 1.29 is 9.50 Å². The van der Waals surface area contributed by atoms with E-state index < -0.39 is 6.10 Å². The molecule has 21 heavy (non-hydrogen) atoms. The molecule has 0 aliphatic rings. The molecule has 0 amide bonds. The van der Waals surface area contributed by atoms with Crippen LogP contribution in [0, 0.1) is 11.7 Å². The maximum absolute atomic E-state index is 13.0. The predicted molar refractivity (Wildman–Crippen MR) is 83.3 cm³/mol. The summed E-state index contributed by atoms with van der Waals surface area (Å²) in [7, 11) is 0. The molecule has 0 aliphatic carbocycles. The Morgan fingerprint density at radius 3 is 2.19 bits per heavy atom. The Morgan fingerprint density at radius 2 is 1.62 bits per heavy atom. The maximum atomic E-state index is 13.0. The molecule has 2 nitrogen and oxygen atoms in total. The number of aliphatic hydroxyl groups excluding tert-OH is 1. The fraction of sp³-hybridized carbons (Fsp3) is 0.333. The average molecular weight is 287 g/mol. The summed E-state index contributed by atoms with van der Waals surface area (Å²) in [6.07, 6.45) is -0.658. The first kappa shape index (κ1) is 15.7. The van der Waals surface area contributed by atoms with Gasteiger partial charge >= 0.3 is 0 Å². The van der Waals surface area contributed by atoms with Crippen molar-refractivity contribution >= 4 is 0 Å². The van der Waals surface area contributed by atoms with E-state index in [1.807, 2.05) is 18.2 Å². The van der Waals surface area contributed by atoms with E-state index in [1.54, 1.807) is 12.1 Å². The van der Waals surface area contributed by atoms with E-state index in [0.29, 0.717) is 6.54 Å². The Morgan fingerprint density at radius 1 is 1.00 bits per heavy atom. The highest BCUT2D eigenvalue weighted by Crippen LogP contribution is 2.22. The van der Waals surface area contributed by atoms with E-state index in [4.69, 9.17) is 0 Å². The number of rotatable bonds is 6. The molecule has 2 rings (SSSR count). The first-order valence-corrected chi connectivity index (χ1v) is 7.29. The Hall–Kier alpha value is -1.71. The van der Waals surface area contributed by atoms with Crippen LogP contribution in [-0.2, 0) is 6.54 Å². The molecule has 112 valence electrons. The van der Waals surface area contributed by atoms with Gasteiger partial charge in [0.1, 0.15) is 5.82 Å². The van der Waals surface area contributed by atoms with E-state index in [9.17, 15) is 9.50 Å². The quantitative estimate of drug-likeness (QED) is 0.849. The van der Waals surface area contributed by atoms with Gasteiger partial charge < -0.3 is 10.4 Å². The molecular formula is C18H22FNO. The van der Waals surface area contributed by atoms with Crippen molar-refractivity contribution in [2.24, 2.45) is 5.92 Å². The molecule has 0 bridgehead atoms. The van der Waals surface area contributed by atoms with Crippen LogP contribution in [0.25, 0.3) is 0 Å². The Balaban J connectivity index is 2.06. The van der Waals surface area contributed by atoms with Crippen molar-refractivity contribution in [3.63, 3.8) is 0 Å². The third-order valence-electron chi connectivity index (χ3n) is 3.65. The molecular weight excluding hydrogens is 265 g/mol. The number of aliphatic hydroxyl groups is 1. The second kappa shape index (κ2) is 7.34. The highest BCUT2D eigenvalue weighted by molar-refractivity contribution is 5.20. The lowest BCUT2D eigenvalue weighted by Crippen LogP contribution is -2.38. The molecule has 0 heterocycles.